The van der Waals surface area contributed by atoms with Crippen LogP contribution < -0.4 is 4.74 Å². The van der Waals surface area contributed by atoms with Gasteiger partial charge in [0.25, 0.3) is 5.91 Å². The summed E-state index contributed by atoms with van der Waals surface area (Å²) >= 11 is 0. The Morgan fingerprint density at radius 3 is 3.04 bits per heavy atom. The van der Waals surface area contributed by atoms with E-state index < -0.39 is 5.82 Å². The quantitative estimate of drug-likeness (QED) is 0.818. The first kappa shape index (κ1) is 18.1. The highest BCUT2D eigenvalue weighted by Crippen LogP contribution is 2.40. The standard InChI is InChI=1S/C19H26FNO4/c1-3-24-13-19-8-4-10-25-17(19)7-9-21(12-19)18(22)14-5-6-16(23-2)15(20)11-14/h5-6,11,17H,3-4,7-10,12-13H2,1-2H3/t17-,19+/m0/s1. The SMILES string of the molecule is CCOC[C@]12CCCO[C@H]1CCN(C(=O)c1ccc(OC)c(F)c1)C2. The predicted octanol–water partition coefficient (Wildman–Crippen LogP) is 2.88. The summed E-state index contributed by atoms with van der Waals surface area (Å²) in [5, 5.41) is 0. The Hall–Kier alpha value is -1.66. The van der Waals surface area contributed by atoms with Crippen molar-refractivity contribution in [3.63, 3.8) is 0 Å². The highest BCUT2D eigenvalue weighted by atomic mass is 19.1. The molecular formula is C19H26FNO4. The number of piperidine rings is 1. The number of carbonyl (C=O) groups excluding carboxylic acids is 1. The van der Waals surface area contributed by atoms with Gasteiger partial charge < -0.3 is 19.1 Å². The van der Waals surface area contributed by atoms with Gasteiger partial charge in [0.15, 0.2) is 11.6 Å². The fourth-order valence-electron chi connectivity index (χ4n) is 3.96. The summed E-state index contributed by atoms with van der Waals surface area (Å²) in [4.78, 5) is 14.7. The smallest absolute Gasteiger partial charge is 0.253 e. The molecule has 2 aliphatic rings. The minimum Gasteiger partial charge on any atom is -0.494 e. The Morgan fingerprint density at radius 2 is 2.32 bits per heavy atom. The number of carbonyl (C=O) groups is 1. The molecule has 2 aliphatic heterocycles. The van der Waals surface area contributed by atoms with Gasteiger partial charge in [0, 0.05) is 37.3 Å². The molecule has 138 valence electrons. The van der Waals surface area contributed by atoms with Gasteiger partial charge >= 0.3 is 0 Å². The second-order valence-electron chi connectivity index (χ2n) is 6.83. The molecule has 0 spiro atoms. The molecule has 2 fully saturated rings. The van der Waals surface area contributed by atoms with Gasteiger partial charge in [0.1, 0.15) is 0 Å². The number of fused-ring (bicyclic) bond motifs is 1. The first-order valence-corrected chi connectivity index (χ1v) is 8.92. The number of methoxy groups -OCH3 is 1. The fourth-order valence-corrected chi connectivity index (χ4v) is 3.96. The van der Waals surface area contributed by atoms with E-state index >= 15 is 0 Å². The topological polar surface area (TPSA) is 48.0 Å². The van der Waals surface area contributed by atoms with Crippen LogP contribution in [-0.4, -0.2) is 56.9 Å². The van der Waals surface area contributed by atoms with Crippen LogP contribution in [-0.2, 0) is 9.47 Å². The molecular weight excluding hydrogens is 325 g/mol. The average molecular weight is 351 g/mol. The number of nitrogens with zero attached hydrogens (tertiary/aromatic N) is 1. The van der Waals surface area contributed by atoms with Crippen molar-refractivity contribution in [3.8, 4) is 5.75 Å². The van der Waals surface area contributed by atoms with E-state index in [4.69, 9.17) is 14.2 Å². The summed E-state index contributed by atoms with van der Waals surface area (Å²) in [6, 6.07) is 4.36. The van der Waals surface area contributed by atoms with Gasteiger partial charge in [-0.2, -0.15) is 0 Å². The number of hydrogen-bond donors (Lipinski definition) is 0. The molecule has 0 aromatic heterocycles. The fraction of sp³-hybridized carbons (Fsp3) is 0.632. The molecule has 3 rings (SSSR count). The zero-order valence-electron chi connectivity index (χ0n) is 14.9. The zero-order valence-corrected chi connectivity index (χ0v) is 14.9. The van der Waals surface area contributed by atoms with Crippen molar-refractivity contribution in [1.82, 2.24) is 4.90 Å². The minimum absolute atomic E-state index is 0.129. The van der Waals surface area contributed by atoms with Crippen LogP contribution in [0.2, 0.25) is 0 Å². The molecule has 1 aromatic rings. The Bertz CT molecular complexity index is 623. The Morgan fingerprint density at radius 1 is 1.48 bits per heavy atom. The van der Waals surface area contributed by atoms with Crippen LogP contribution in [0.4, 0.5) is 4.39 Å². The molecule has 0 unspecified atom stereocenters. The lowest BCUT2D eigenvalue weighted by Gasteiger charge is -2.50. The molecule has 0 radical (unpaired) electrons. The van der Waals surface area contributed by atoms with Gasteiger partial charge in [0.2, 0.25) is 0 Å². The first-order valence-electron chi connectivity index (χ1n) is 8.92. The molecule has 2 heterocycles. The van der Waals surface area contributed by atoms with Gasteiger partial charge in [-0.15, -0.1) is 0 Å². The Balaban J connectivity index is 1.78. The maximum absolute atomic E-state index is 14.0. The second kappa shape index (κ2) is 7.70. The van der Waals surface area contributed by atoms with Crippen molar-refractivity contribution < 1.29 is 23.4 Å². The van der Waals surface area contributed by atoms with Crippen molar-refractivity contribution in [2.75, 3.05) is 40.0 Å². The van der Waals surface area contributed by atoms with E-state index in [1.54, 1.807) is 6.07 Å². The van der Waals surface area contributed by atoms with E-state index in [1.807, 2.05) is 11.8 Å². The molecule has 1 aromatic carbocycles. The number of amides is 1. The largest absolute Gasteiger partial charge is 0.494 e. The van der Waals surface area contributed by atoms with Crippen molar-refractivity contribution in [2.24, 2.45) is 5.41 Å². The van der Waals surface area contributed by atoms with E-state index in [2.05, 4.69) is 0 Å². The van der Waals surface area contributed by atoms with Gasteiger partial charge in [-0.05, 0) is 44.4 Å². The molecule has 0 aliphatic carbocycles. The lowest BCUT2D eigenvalue weighted by molar-refractivity contribution is -0.146. The molecule has 1 amide bonds. The number of benzene rings is 1. The molecule has 0 N–H and O–H groups in total. The molecule has 2 atom stereocenters. The van der Waals surface area contributed by atoms with Crippen LogP contribution in [0, 0.1) is 11.2 Å². The number of hydrogen-bond acceptors (Lipinski definition) is 4. The molecule has 0 saturated carbocycles. The summed E-state index contributed by atoms with van der Waals surface area (Å²) in [7, 11) is 1.41. The average Bonchev–Trinajstić information content (AvgIpc) is 2.65. The second-order valence-corrected chi connectivity index (χ2v) is 6.83. The van der Waals surface area contributed by atoms with Gasteiger partial charge in [-0.3, -0.25) is 4.79 Å². The third-order valence-electron chi connectivity index (χ3n) is 5.27. The minimum atomic E-state index is -0.520. The van der Waals surface area contributed by atoms with Crippen LogP contribution in [0.5, 0.6) is 5.75 Å². The number of ether oxygens (including phenoxy) is 3. The molecule has 5 nitrogen and oxygen atoms in total. The summed E-state index contributed by atoms with van der Waals surface area (Å²) < 4.78 is 30.6. The van der Waals surface area contributed by atoms with Crippen molar-refractivity contribution in [2.45, 2.75) is 32.3 Å². The number of likely N-dealkylation sites (tertiary alicyclic amines) is 1. The van der Waals surface area contributed by atoms with Crippen molar-refractivity contribution in [1.29, 1.82) is 0 Å². The van der Waals surface area contributed by atoms with E-state index in [9.17, 15) is 9.18 Å². The van der Waals surface area contributed by atoms with E-state index in [-0.39, 0.29) is 23.2 Å². The number of rotatable bonds is 5. The van der Waals surface area contributed by atoms with Gasteiger partial charge in [-0.25, -0.2) is 4.39 Å². The van der Waals surface area contributed by atoms with Crippen LogP contribution in [0.3, 0.4) is 0 Å². The zero-order chi connectivity index (χ0) is 17.9. The highest BCUT2D eigenvalue weighted by molar-refractivity contribution is 5.94. The normalized spacial score (nSPS) is 26.2. The Kier molecular flexibility index (Phi) is 5.59. The third-order valence-corrected chi connectivity index (χ3v) is 5.27. The lowest BCUT2D eigenvalue weighted by Crippen LogP contribution is -2.58. The summed E-state index contributed by atoms with van der Waals surface area (Å²) in [6.07, 6.45) is 2.88. The maximum atomic E-state index is 14.0. The molecule has 25 heavy (non-hydrogen) atoms. The summed E-state index contributed by atoms with van der Waals surface area (Å²) in [5.41, 5.74) is 0.188. The van der Waals surface area contributed by atoms with Crippen LogP contribution >= 0.6 is 0 Å². The molecule has 0 bridgehead atoms. The summed E-state index contributed by atoms with van der Waals surface area (Å²) in [5.74, 6) is -0.529. The van der Waals surface area contributed by atoms with Gasteiger partial charge in [0.05, 0.1) is 19.8 Å². The highest BCUT2D eigenvalue weighted by Gasteiger charge is 2.47. The monoisotopic (exact) mass is 351 g/mol. The maximum Gasteiger partial charge on any atom is 0.253 e. The van der Waals surface area contributed by atoms with Crippen molar-refractivity contribution in [3.05, 3.63) is 29.6 Å². The van der Waals surface area contributed by atoms with Crippen LogP contribution in [0.1, 0.15) is 36.5 Å². The first-order chi connectivity index (χ1) is 12.1. The third kappa shape index (κ3) is 3.65. The molecule has 2 saturated heterocycles. The van der Waals surface area contributed by atoms with Gasteiger partial charge in [-0.1, -0.05) is 0 Å². The lowest BCUT2D eigenvalue weighted by atomic mass is 9.73. The van der Waals surface area contributed by atoms with E-state index in [1.165, 1.54) is 19.2 Å². The predicted molar refractivity (Wildman–Crippen MR) is 91.4 cm³/mol. The van der Waals surface area contributed by atoms with E-state index in [0.29, 0.717) is 31.9 Å². The van der Waals surface area contributed by atoms with Crippen molar-refractivity contribution >= 4 is 5.91 Å². The molecule has 6 heteroatoms. The summed E-state index contributed by atoms with van der Waals surface area (Å²) in [6.45, 7) is 5.19. The Labute approximate surface area is 148 Å². The van der Waals surface area contributed by atoms with Crippen LogP contribution in [0.25, 0.3) is 0 Å². The van der Waals surface area contributed by atoms with E-state index in [0.717, 1.165) is 25.9 Å². The number of halogens is 1. The van der Waals surface area contributed by atoms with Crippen LogP contribution in [0.15, 0.2) is 18.2 Å².